The van der Waals surface area contributed by atoms with E-state index < -0.39 is 4.92 Å². The lowest BCUT2D eigenvalue weighted by Crippen LogP contribution is -2.09. The van der Waals surface area contributed by atoms with Gasteiger partial charge in [-0.2, -0.15) is 5.10 Å². The minimum Gasteiger partial charge on any atom is -0.492 e. The average molecular weight is 297 g/mol. The number of nitro benzene ring substituents is 1. The number of fused-ring (bicyclic) bond motifs is 1. The maximum Gasteiger partial charge on any atom is 0.271 e. The number of nitro groups is 1. The summed E-state index contributed by atoms with van der Waals surface area (Å²) in [7, 11) is 0. The fraction of sp³-hybridized carbons (Fsp3) is 0.188. The van der Waals surface area contributed by atoms with E-state index in [9.17, 15) is 10.1 Å². The number of hydrogen-bond acceptors (Lipinski definition) is 4. The van der Waals surface area contributed by atoms with Gasteiger partial charge in [0, 0.05) is 17.5 Å². The number of hydrogen-bond donors (Lipinski definition) is 0. The molecule has 3 rings (SSSR count). The van der Waals surface area contributed by atoms with Crippen LogP contribution in [0.15, 0.2) is 48.7 Å². The van der Waals surface area contributed by atoms with E-state index in [-0.39, 0.29) is 5.69 Å². The Morgan fingerprint density at radius 3 is 2.73 bits per heavy atom. The Bertz CT molecular complexity index is 809. The zero-order valence-corrected chi connectivity index (χ0v) is 12.1. The first-order chi connectivity index (χ1) is 10.6. The van der Waals surface area contributed by atoms with Crippen molar-refractivity contribution in [2.24, 2.45) is 0 Å². The van der Waals surface area contributed by atoms with Gasteiger partial charge in [-0.25, -0.2) is 0 Å². The number of benzene rings is 2. The maximum absolute atomic E-state index is 10.9. The molecular formula is C16H15N3O3. The molecule has 0 spiro atoms. The number of ether oxygens (including phenoxy) is 1. The van der Waals surface area contributed by atoms with E-state index in [1.54, 1.807) is 16.9 Å². The zero-order chi connectivity index (χ0) is 15.5. The molecule has 112 valence electrons. The van der Waals surface area contributed by atoms with Crippen LogP contribution >= 0.6 is 0 Å². The molecule has 22 heavy (non-hydrogen) atoms. The van der Waals surface area contributed by atoms with Gasteiger partial charge in [-0.15, -0.1) is 0 Å². The number of aromatic nitrogens is 2. The molecule has 0 saturated heterocycles. The summed E-state index contributed by atoms with van der Waals surface area (Å²) < 4.78 is 7.38. The van der Waals surface area contributed by atoms with Crippen molar-refractivity contribution in [1.82, 2.24) is 9.78 Å². The van der Waals surface area contributed by atoms with Crippen LogP contribution in [-0.4, -0.2) is 21.3 Å². The number of non-ortho nitro benzene ring substituents is 1. The monoisotopic (exact) mass is 297 g/mol. The quantitative estimate of drug-likeness (QED) is 0.535. The van der Waals surface area contributed by atoms with E-state index in [0.29, 0.717) is 13.2 Å². The van der Waals surface area contributed by atoms with Gasteiger partial charge in [0.1, 0.15) is 12.4 Å². The summed E-state index contributed by atoms with van der Waals surface area (Å²) >= 11 is 0. The molecule has 3 aromatic rings. The van der Waals surface area contributed by atoms with Crippen LogP contribution in [0.2, 0.25) is 0 Å². The van der Waals surface area contributed by atoms with Crippen LogP contribution in [0.25, 0.3) is 10.9 Å². The Morgan fingerprint density at radius 1 is 1.23 bits per heavy atom. The highest BCUT2D eigenvalue weighted by Gasteiger charge is 2.10. The van der Waals surface area contributed by atoms with Crippen LogP contribution in [-0.2, 0) is 6.54 Å². The first-order valence-electron chi connectivity index (χ1n) is 6.93. The second-order valence-corrected chi connectivity index (χ2v) is 5.03. The van der Waals surface area contributed by atoms with Crippen molar-refractivity contribution in [3.8, 4) is 5.75 Å². The summed E-state index contributed by atoms with van der Waals surface area (Å²) in [5.74, 6) is 0.799. The maximum atomic E-state index is 10.9. The molecule has 1 aromatic heterocycles. The third-order valence-electron chi connectivity index (χ3n) is 3.43. The molecule has 0 aliphatic heterocycles. The summed E-state index contributed by atoms with van der Waals surface area (Å²) in [5, 5.41) is 16.0. The van der Waals surface area contributed by atoms with Crippen molar-refractivity contribution in [2.75, 3.05) is 6.61 Å². The lowest BCUT2D eigenvalue weighted by Gasteiger charge is -2.07. The third kappa shape index (κ3) is 2.90. The van der Waals surface area contributed by atoms with E-state index >= 15 is 0 Å². The van der Waals surface area contributed by atoms with Crippen LogP contribution in [0.5, 0.6) is 5.75 Å². The summed E-state index contributed by atoms with van der Waals surface area (Å²) in [6, 6.07) is 12.5. The van der Waals surface area contributed by atoms with Crippen molar-refractivity contribution < 1.29 is 9.66 Å². The topological polar surface area (TPSA) is 70.2 Å². The van der Waals surface area contributed by atoms with Gasteiger partial charge in [-0.05, 0) is 25.1 Å². The Balaban J connectivity index is 1.72. The lowest BCUT2D eigenvalue weighted by atomic mass is 10.2. The van der Waals surface area contributed by atoms with Crippen LogP contribution in [0.3, 0.4) is 0 Å². The first kappa shape index (κ1) is 14.1. The molecule has 0 aliphatic rings. The highest BCUT2D eigenvalue weighted by Crippen LogP contribution is 2.20. The molecule has 0 atom stereocenters. The minimum atomic E-state index is -0.403. The summed E-state index contributed by atoms with van der Waals surface area (Å²) in [6.07, 6.45) is 1.70. The molecule has 0 amide bonds. The summed E-state index contributed by atoms with van der Waals surface area (Å²) in [5.41, 5.74) is 1.98. The van der Waals surface area contributed by atoms with Crippen molar-refractivity contribution in [2.45, 2.75) is 13.5 Å². The second kappa shape index (κ2) is 5.85. The van der Waals surface area contributed by atoms with E-state index in [2.05, 4.69) is 5.10 Å². The highest BCUT2D eigenvalue weighted by molar-refractivity contribution is 5.80. The number of nitrogens with zero attached hydrogens (tertiary/aromatic N) is 3. The van der Waals surface area contributed by atoms with Gasteiger partial charge in [0.2, 0.25) is 0 Å². The van der Waals surface area contributed by atoms with E-state index in [4.69, 9.17) is 4.74 Å². The van der Waals surface area contributed by atoms with Gasteiger partial charge < -0.3 is 4.74 Å². The van der Waals surface area contributed by atoms with Gasteiger partial charge in [-0.1, -0.05) is 17.7 Å². The van der Waals surface area contributed by atoms with Gasteiger partial charge >= 0.3 is 0 Å². The average Bonchev–Trinajstić information content (AvgIpc) is 2.92. The van der Waals surface area contributed by atoms with Crippen molar-refractivity contribution in [1.29, 1.82) is 0 Å². The number of rotatable bonds is 5. The van der Waals surface area contributed by atoms with E-state index in [0.717, 1.165) is 16.7 Å². The molecule has 0 saturated carbocycles. The fourth-order valence-corrected chi connectivity index (χ4v) is 2.24. The molecule has 0 fully saturated rings. The van der Waals surface area contributed by atoms with Gasteiger partial charge in [0.05, 0.1) is 23.2 Å². The lowest BCUT2D eigenvalue weighted by molar-refractivity contribution is -0.384. The van der Waals surface area contributed by atoms with Crippen LogP contribution in [0, 0.1) is 17.0 Å². The Morgan fingerprint density at radius 2 is 2.00 bits per heavy atom. The Hall–Kier alpha value is -2.89. The molecule has 0 unspecified atom stereocenters. The van der Waals surface area contributed by atoms with Gasteiger partial charge in [-0.3, -0.25) is 14.8 Å². The normalized spacial score (nSPS) is 10.8. The largest absolute Gasteiger partial charge is 0.492 e. The van der Waals surface area contributed by atoms with Crippen molar-refractivity contribution in [3.63, 3.8) is 0 Å². The van der Waals surface area contributed by atoms with Crippen LogP contribution < -0.4 is 4.74 Å². The smallest absolute Gasteiger partial charge is 0.271 e. The third-order valence-corrected chi connectivity index (χ3v) is 3.43. The van der Waals surface area contributed by atoms with Crippen molar-refractivity contribution >= 4 is 16.6 Å². The highest BCUT2D eigenvalue weighted by atomic mass is 16.6. The summed E-state index contributed by atoms with van der Waals surface area (Å²) in [6.45, 7) is 2.99. The fourth-order valence-electron chi connectivity index (χ4n) is 2.24. The number of aryl methyl sites for hydroxylation is 1. The van der Waals surface area contributed by atoms with Gasteiger partial charge in [0.25, 0.3) is 5.69 Å². The molecular weight excluding hydrogens is 282 g/mol. The minimum absolute atomic E-state index is 0.0636. The Labute approximate surface area is 127 Å². The predicted molar refractivity (Wildman–Crippen MR) is 83.1 cm³/mol. The van der Waals surface area contributed by atoms with Gasteiger partial charge in [0.15, 0.2) is 0 Å². The van der Waals surface area contributed by atoms with Crippen LogP contribution in [0.4, 0.5) is 5.69 Å². The molecule has 6 heteroatoms. The molecule has 0 N–H and O–H groups in total. The predicted octanol–water partition coefficient (Wildman–Crippen LogP) is 3.33. The SMILES string of the molecule is Cc1ccc(OCCn2ncc3ccc([N+](=O)[O-])cc32)cc1. The first-order valence-corrected chi connectivity index (χ1v) is 6.93. The molecule has 0 aliphatic carbocycles. The molecule has 1 heterocycles. The summed E-state index contributed by atoms with van der Waals surface area (Å²) in [4.78, 5) is 10.5. The Kier molecular flexibility index (Phi) is 3.74. The van der Waals surface area contributed by atoms with E-state index in [1.165, 1.54) is 17.7 Å². The van der Waals surface area contributed by atoms with Crippen LogP contribution in [0.1, 0.15) is 5.56 Å². The second-order valence-electron chi connectivity index (χ2n) is 5.03. The molecule has 0 radical (unpaired) electrons. The molecule has 6 nitrogen and oxygen atoms in total. The zero-order valence-electron chi connectivity index (χ0n) is 12.1. The van der Waals surface area contributed by atoms with Crippen molar-refractivity contribution in [3.05, 3.63) is 64.3 Å². The molecule has 2 aromatic carbocycles. The molecule has 0 bridgehead atoms. The standard InChI is InChI=1S/C16H15N3O3/c1-12-2-6-15(7-3-12)22-9-8-18-16-10-14(19(20)21)5-4-13(16)11-17-18/h2-7,10-11H,8-9H2,1H3. The van der Waals surface area contributed by atoms with E-state index in [1.807, 2.05) is 31.2 Å².